The minimum atomic E-state index is 0.714. The van der Waals surface area contributed by atoms with E-state index < -0.39 is 0 Å². The van der Waals surface area contributed by atoms with Crippen LogP contribution in [0.4, 0.5) is 0 Å². The van der Waals surface area contributed by atoms with E-state index in [-0.39, 0.29) is 0 Å². The van der Waals surface area contributed by atoms with E-state index in [4.69, 9.17) is 0 Å². The fourth-order valence-corrected chi connectivity index (χ4v) is 2.75. The Labute approximate surface area is 78.2 Å². The van der Waals surface area contributed by atoms with E-state index in [0.29, 0.717) is 5.92 Å². The highest BCUT2D eigenvalue weighted by atomic mass is 15.3. The Hall–Kier alpha value is -0.860. The van der Waals surface area contributed by atoms with Gasteiger partial charge in [-0.15, -0.1) is 10.2 Å². The van der Waals surface area contributed by atoms with Crippen molar-refractivity contribution < 1.29 is 0 Å². The molecule has 1 aromatic heterocycles. The van der Waals surface area contributed by atoms with Gasteiger partial charge in [-0.3, -0.25) is 0 Å². The summed E-state index contributed by atoms with van der Waals surface area (Å²) in [6.07, 6.45) is 6.07. The number of hydrogen-bond acceptors (Lipinski definition) is 2. The summed E-state index contributed by atoms with van der Waals surface area (Å²) in [7, 11) is 0. The Morgan fingerprint density at radius 2 is 2.15 bits per heavy atom. The van der Waals surface area contributed by atoms with Crippen molar-refractivity contribution in [2.75, 3.05) is 0 Å². The van der Waals surface area contributed by atoms with Crippen molar-refractivity contribution in [3.8, 4) is 0 Å². The maximum absolute atomic E-state index is 4.24. The third kappa shape index (κ3) is 1.10. The van der Waals surface area contributed by atoms with Gasteiger partial charge in [0, 0.05) is 12.5 Å². The number of aryl methyl sites for hydroxylation is 1. The van der Waals surface area contributed by atoms with E-state index in [9.17, 15) is 0 Å². The van der Waals surface area contributed by atoms with Crippen LogP contribution >= 0.6 is 0 Å². The van der Waals surface area contributed by atoms with Gasteiger partial charge < -0.3 is 4.57 Å². The van der Waals surface area contributed by atoms with Gasteiger partial charge in [-0.1, -0.05) is 0 Å². The molecular weight excluding hydrogens is 162 g/mol. The molecule has 0 aromatic carbocycles. The zero-order chi connectivity index (χ0) is 8.84. The summed E-state index contributed by atoms with van der Waals surface area (Å²) in [4.78, 5) is 0. The Morgan fingerprint density at radius 3 is 2.85 bits per heavy atom. The first-order valence-corrected chi connectivity index (χ1v) is 5.26. The third-order valence-electron chi connectivity index (χ3n) is 3.59. The van der Waals surface area contributed by atoms with Crippen molar-refractivity contribution in [3.63, 3.8) is 0 Å². The lowest BCUT2D eigenvalue weighted by atomic mass is 10.0. The fourth-order valence-electron chi connectivity index (χ4n) is 2.75. The third-order valence-corrected chi connectivity index (χ3v) is 3.59. The minimum absolute atomic E-state index is 0.714. The number of nitrogens with zero attached hydrogens (tertiary/aromatic N) is 3. The molecule has 2 saturated carbocycles. The van der Waals surface area contributed by atoms with Gasteiger partial charge in [0.1, 0.15) is 12.2 Å². The van der Waals surface area contributed by atoms with Crippen LogP contribution in [0.1, 0.15) is 37.9 Å². The summed E-state index contributed by atoms with van der Waals surface area (Å²) in [5.41, 5.74) is 0. The van der Waals surface area contributed by atoms with Gasteiger partial charge in [0.2, 0.25) is 0 Å². The monoisotopic (exact) mass is 177 g/mol. The molecule has 0 aliphatic heterocycles. The summed E-state index contributed by atoms with van der Waals surface area (Å²) in [5, 5.41) is 8.23. The van der Waals surface area contributed by atoms with Gasteiger partial charge >= 0.3 is 0 Å². The molecule has 0 bridgehead atoms. The second kappa shape index (κ2) is 2.56. The lowest BCUT2D eigenvalue weighted by Crippen LogP contribution is -2.06. The van der Waals surface area contributed by atoms with E-state index in [1.54, 1.807) is 0 Å². The predicted molar refractivity (Wildman–Crippen MR) is 49.3 cm³/mol. The summed E-state index contributed by atoms with van der Waals surface area (Å²) >= 11 is 0. The van der Waals surface area contributed by atoms with Crippen LogP contribution in [-0.4, -0.2) is 14.8 Å². The van der Waals surface area contributed by atoms with Crippen LogP contribution in [0.2, 0.25) is 0 Å². The maximum Gasteiger partial charge on any atom is 0.135 e. The minimum Gasteiger partial charge on any atom is -0.318 e. The van der Waals surface area contributed by atoms with Gasteiger partial charge in [-0.05, 0) is 38.0 Å². The smallest absolute Gasteiger partial charge is 0.135 e. The van der Waals surface area contributed by atoms with Crippen LogP contribution in [0.3, 0.4) is 0 Å². The van der Waals surface area contributed by atoms with Crippen LogP contribution in [0.5, 0.6) is 0 Å². The van der Waals surface area contributed by atoms with Crippen molar-refractivity contribution >= 4 is 0 Å². The molecule has 0 N–H and O–H groups in total. The van der Waals surface area contributed by atoms with Crippen LogP contribution in [0.15, 0.2) is 6.33 Å². The molecule has 2 atom stereocenters. The number of aromatic nitrogens is 3. The SMILES string of the molecule is CCn1cnnc1C1CC2CC2C1. The molecule has 0 radical (unpaired) electrons. The molecule has 70 valence electrons. The van der Waals surface area contributed by atoms with Crippen molar-refractivity contribution in [1.29, 1.82) is 0 Å². The first-order chi connectivity index (χ1) is 6.38. The lowest BCUT2D eigenvalue weighted by Gasteiger charge is -2.11. The molecule has 2 unspecified atom stereocenters. The molecule has 13 heavy (non-hydrogen) atoms. The predicted octanol–water partition coefficient (Wildman–Crippen LogP) is 1.81. The quantitative estimate of drug-likeness (QED) is 0.689. The summed E-state index contributed by atoms with van der Waals surface area (Å²) in [6, 6.07) is 0. The van der Waals surface area contributed by atoms with Crippen molar-refractivity contribution in [2.45, 2.75) is 38.6 Å². The topological polar surface area (TPSA) is 30.7 Å². The molecule has 0 saturated heterocycles. The van der Waals surface area contributed by atoms with Gasteiger partial charge in [0.25, 0.3) is 0 Å². The average molecular weight is 177 g/mol. The number of rotatable bonds is 2. The van der Waals surface area contributed by atoms with E-state index in [0.717, 1.165) is 18.4 Å². The summed E-state index contributed by atoms with van der Waals surface area (Å²) in [6.45, 7) is 3.16. The zero-order valence-corrected chi connectivity index (χ0v) is 7.98. The van der Waals surface area contributed by atoms with Crippen molar-refractivity contribution in [3.05, 3.63) is 12.2 Å². The van der Waals surface area contributed by atoms with E-state index in [1.807, 2.05) is 6.33 Å². The molecule has 3 rings (SSSR count). The molecular formula is C10H15N3. The molecule has 0 amide bonds. The molecule has 1 heterocycles. The normalized spacial score (nSPS) is 36.2. The fraction of sp³-hybridized carbons (Fsp3) is 0.800. The van der Waals surface area contributed by atoms with Crippen LogP contribution in [0, 0.1) is 11.8 Å². The zero-order valence-electron chi connectivity index (χ0n) is 7.98. The molecule has 0 spiro atoms. The molecule has 3 heteroatoms. The molecule has 3 nitrogen and oxygen atoms in total. The largest absolute Gasteiger partial charge is 0.318 e. The second-order valence-corrected chi connectivity index (χ2v) is 4.40. The average Bonchev–Trinajstić information content (AvgIpc) is 2.67. The van der Waals surface area contributed by atoms with Gasteiger partial charge in [0.15, 0.2) is 0 Å². The standard InChI is InChI=1S/C10H15N3/c1-2-13-6-11-12-10(13)9-4-7-3-8(7)5-9/h6-9H,2-5H2,1H3. The number of fused-ring (bicyclic) bond motifs is 1. The Bertz CT molecular complexity index is 308. The van der Waals surface area contributed by atoms with E-state index in [2.05, 4.69) is 21.7 Å². The highest BCUT2D eigenvalue weighted by molar-refractivity contribution is 5.08. The van der Waals surface area contributed by atoms with Crippen LogP contribution in [0.25, 0.3) is 0 Å². The van der Waals surface area contributed by atoms with Gasteiger partial charge in [0.05, 0.1) is 0 Å². The maximum atomic E-state index is 4.24. The molecule has 1 aromatic rings. The highest BCUT2D eigenvalue weighted by Crippen LogP contribution is 2.57. The Morgan fingerprint density at radius 1 is 1.38 bits per heavy atom. The van der Waals surface area contributed by atoms with E-state index >= 15 is 0 Å². The van der Waals surface area contributed by atoms with Crippen molar-refractivity contribution in [1.82, 2.24) is 14.8 Å². The molecule has 2 fully saturated rings. The van der Waals surface area contributed by atoms with Crippen molar-refractivity contribution in [2.24, 2.45) is 11.8 Å². The Balaban J connectivity index is 1.83. The first kappa shape index (κ1) is 7.54. The van der Waals surface area contributed by atoms with E-state index in [1.165, 1.54) is 25.1 Å². The number of hydrogen-bond donors (Lipinski definition) is 0. The Kier molecular flexibility index (Phi) is 1.49. The highest BCUT2D eigenvalue weighted by Gasteiger charge is 2.47. The summed E-state index contributed by atoms with van der Waals surface area (Å²) < 4.78 is 2.19. The lowest BCUT2D eigenvalue weighted by molar-refractivity contribution is 0.550. The first-order valence-electron chi connectivity index (χ1n) is 5.26. The van der Waals surface area contributed by atoms with Crippen LogP contribution < -0.4 is 0 Å². The molecule has 2 aliphatic rings. The molecule has 2 aliphatic carbocycles. The van der Waals surface area contributed by atoms with Gasteiger partial charge in [-0.25, -0.2) is 0 Å². The second-order valence-electron chi connectivity index (χ2n) is 4.40. The van der Waals surface area contributed by atoms with Gasteiger partial charge in [-0.2, -0.15) is 0 Å². The summed E-state index contributed by atoms with van der Waals surface area (Å²) in [5.74, 6) is 4.01. The van der Waals surface area contributed by atoms with Crippen LogP contribution in [-0.2, 0) is 6.54 Å².